The molecule has 0 bridgehead atoms. The molecule has 140 valence electrons. The monoisotopic (exact) mass is 376 g/mol. The molecule has 28 heavy (non-hydrogen) atoms. The summed E-state index contributed by atoms with van der Waals surface area (Å²) in [5.41, 5.74) is 2.29. The van der Waals surface area contributed by atoms with E-state index >= 15 is 0 Å². The van der Waals surface area contributed by atoms with E-state index in [2.05, 4.69) is 20.5 Å². The molecule has 1 amide bonds. The van der Waals surface area contributed by atoms with E-state index in [1.54, 1.807) is 36.1 Å². The first-order chi connectivity index (χ1) is 13.6. The van der Waals surface area contributed by atoms with Crippen LogP contribution in [0.5, 0.6) is 0 Å². The summed E-state index contributed by atoms with van der Waals surface area (Å²) in [6.45, 7) is 2.33. The van der Waals surface area contributed by atoms with E-state index in [9.17, 15) is 9.18 Å². The second kappa shape index (κ2) is 7.43. The van der Waals surface area contributed by atoms with Crippen LogP contribution in [0, 0.1) is 12.7 Å². The van der Waals surface area contributed by atoms with Gasteiger partial charge in [-0.1, -0.05) is 30.3 Å². The van der Waals surface area contributed by atoms with Crippen LogP contribution >= 0.6 is 0 Å². The fourth-order valence-corrected chi connectivity index (χ4v) is 2.79. The van der Waals surface area contributed by atoms with Gasteiger partial charge in [-0.3, -0.25) is 9.48 Å². The molecule has 0 aliphatic rings. The lowest BCUT2D eigenvalue weighted by molar-refractivity contribution is 0.101. The Morgan fingerprint density at radius 3 is 2.61 bits per heavy atom. The SMILES string of the molecule is Cc1nc(C(=O)Nc2cnn(Cc3ccccc3)c2)nn1-c1ccc(F)cc1. The quantitative estimate of drug-likeness (QED) is 0.580. The number of nitrogens with one attached hydrogen (secondary N) is 1. The van der Waals surface area contributed by atoms with Crippen molar-refractivity contribution in [3.8, 4) is 5.69 Å². The highest BCUT2D eigenvalue weighted by Crippen LogP contribution is 2.13. The van der Waals surface area contributed by atoms with Crippen molar-refractivity contribution in [1.82, 2.24) is 24.5 Å². The van der Waals surface area contributed by atoms with Crippen LogP contribution in [0.25, 0.3) is 5.69 Å². The molecule has 2 aromatic heterocycles. The maximum Gasteiger partial charge on any atom is 0.295 e. The lowest BCUT2D eigenvalue weighted by Gasteiger charge is -2.02. The molecule has 4 rings (SSSR count). The fraction of sp³-hybridized carbons (Fsp3) is 0.100. The molecule has 8 heteroatoms. The van der Waals surface area contributed by atoms with E-state index in [1.807, 2.05) is 30.3 Å². The largest absolute Gasteiger partial charge is 0.316 e. The predicted molar refractivity (Wildman–Crippen MR) is 102 cm³/mol. The summed E-state index contributed by atoms with van der Waals surface area (Å²) in [7, 11) is 0. The molecule has 0 unspecified atom stereocenters. The number of amides is 1. The van der Waals surface area contributed by atoms with Crippen LogP contribution in [0.1, 0.15) is 22.0 Å². The van der Waals surface area contributed by atoms with Gasteiger partial charge in [-0.15, -0.1) is 5.10 Å². The van der Waals surface area contributed by atoms with Crippen molar-refractivity contribution in [2.24, 2.45) is 0 Å². The molecule has 0 aliphatic carbocycles. The molecular formula is C20H17FN6O. The number of rotatable bonds is 5. The van der Waals surface area contributed by atoms with Gasteiger partial charge in [0, 0.05) is 6.20 Å². The topological polar surface area (TPSA) is 77.6 Å². The van der Waals surface area contributed by atoms with Crippen LogP contribution in [0.2, 0.25) is 0 Å². The molecule has 7 nitrogen and oxygen atoms in total. The number of benzene rings is 2. The van der Waals surface area contributed by atoms with E-state index in [0.717, 1.165) is 5.56 Å². The third-order valence-electron chi connectivity index (χ3n) is 4.12. The number of hydrogen-bond acceptors (Lipinski definition) is 4. The fourth-order valence-electron chi connectivity index (χ4n) is 2.79. The summed E-state index contributed by atoms with van der Waals surface area (Å²) in [4.78, 5) is 16.7. The number of hydrogen-bond donors (Lipinski definition) is 1. The first kappa shape index (κ1) is 17.6. The van der Waals surface area contributed by atoms with Crippen LogP contribution in [0.4, 0.5) is 10.1 Å². The second-order valence-corrected chi connectivity index (χ2v) is 6.24. The molecule has 0 aliphatic heterocycles. The number of halogens is 1. The smallest absolute Gasteiger partial charge is 0.295 e. The molecule has 0 saturated carbocycles. The van der Waals surface area contributed by atoms with Gasteiger partial charge in [0.05, 0.1) is 24.1 Å². The van der Waals surface area contributed by atoms with Gasteiger partial charge in [-0.25, -0.2) is 14.1 Å². The van der Waals surface area contributed by atoms with Crippen molar-refractivity contribution in [3.63, 3.8) is 0 Å². The zero-order chi connectivity index (χ0) is 19.5. The maximum absolute atomic E-state index is 13.1. The summed E-state index contributed by atoms with van der Waals surface area (Å²) in [5.74, 6) is -0.232. The Hall–Kier alpha value is -3.81. The minimum Gasteiger partial charge on any atom is -0.316 e. The third-order valence-corrected chi connectivity index (χ3v) is 4.12. The van der Waals surface area contributed by atoms with Crippen molar-refractivity contribution < 1.29 is 9.18 Å². The standard InChI is InChI=1S/C20H17FN6O/c1-14-23-19(25-27(14)18-9-7-16(21)8-10-18)20(28)24-17-11-22-26(13-17)12-15-5-3-2-4-6-15/h2-11,13H,12H2,1H3,(H,24,28). The normalized spacial score (nSPS) is 10.8. The van der Waals surface area contributed by atoms with Gasteiger partial charge in [0.1, 0.15) is 11.6 Å². The minimum absolute atomic E-state index is 0.0256. The Kier molecular flexibility index (Phi) is 4.67. The minimum atomic E-state index is -0.441. The van der Waals surface area contributed by atoms with Crippen LogP contribution in [-0.2, 0) is 6.54 Å². The summed E-state index contributed by atoms with van der Waals surface area (Å²) in [6.07, 6.45) is 3.32. The highest BCUT2D eigenvalue weighted by atomic mass is 19.1. The number of aromatic nitrogens is 5. The van der Waals surface area contributed by atoms with Gasteiger partial charge in [0.15, 0.2) is 0 Å². The van der Waals surface area contributed by atoms with Gasteiger partial charge < -0.3 is 5.32 Å². The first-order valence-corrected chi connectivity index (χ1v) is 8.66. The van der Waals surface area contributed by atoms with E-state index in [1.165, 1.54) is 16.8 Å². The maximum atomic E-state index is 13.1. The highest BCUT2D eigenvalue weighted by molar-refractivity contribution is 6.01. The third kappa shape index (κ3) is 3.80. The van der Waals surface area contributed by atoms with Crippen LogP contribution < -0.4 is 5.32 Å². The Bertz CT molecular complexity index is 1100. The van der Waals surface area contributed by atoms with Crippen molar-refractivity contribution in [3.05, 3.63) is 90.0 Å². The van der Waals surface area contributed by atoms with E-state index in [0.29, 0.717) is 23.7 Å². The molecule has 0 saturated heterocycles. The van der Waals surface area contributed by atoms with Crippen molar-refractivity contribution in [2.75, 3.05) is 5.32 Å². The number of nitrogens with zero attached hydrogens (tertiary/aromatic N) is 5. The van der Waals surface area contributed by atoms with Crippen molar-refractivity contribution in [2.45, 2.75) is 13.5 Å². The zero-order valence-electron chi connectivity index (χ0n) is 15.1. The molecule has 0 atom stereocenters. The molecule has 4 aromatic rings. The summed E-state index contributed by atoms with van der Waals surface area (Å²) in [5, 5.41) is 11.2. The average Bonchev–Trinajstić information content (AvgIpc) is 3.30. The van der Waals surface area contributed by atoms with Gasteiger partial charge in [-0.2, -0.15) is 5.10 Å². The number of carbonyl (C=O) groups excluding carboxylic acids is 1. The number of aryl methyl sites for hydroxylation is 1. The lowest BCUT2D eigenvalue weighted by atomic mass is 10.2. The van der Waals surface area contributed by atoms with Gasteiger partial charge in [0.25, 0.3) is 5.91 Å². The van der Waals surface area contributed by atoms with Gasteiger partial charge in [0.2, 0.25) is 5.82 Å². The highest BCUT2D eigenvalue weighted by Gasteiger charge is 2.16. The molecular weight excluding hydrogens is 359 g/mol. The average molecular weight is 376 g/mol. The summed E-state index contributed by atoms with van der Waals surface area (Å²) in [6, 6.07) is 15.7. The van der Waals surface area contributed by atoms with Crippen LogP contribution in [0.15, 0.2) is 67.0 Å². The molecule has 1 N–H and O–H groups in total. The van der Waals surface area contributed by atoms with Gasteiger partial charge in [-0.05, 0) is 36.8 Å². The molecule has 2 aromatic carbocycles. The summed E-state index contributed by atoms with van der Waals surface area (Å²) >= 11 is 0. The number of anilines is 1. The van der Waals surface area contributed by atoms with E-state index in [-0.39, 0.29) is 11.6 Å². The van der Waals surface area contributed by atoms with Gasteiger partial charge >= 0.3 is 0 Å². The zero-order valence-corrected chi connectivity index (χ0v) is 15.1. The van der Waals surface area contributed by atoms with Crippen LogP contribution in [-0.4, -0.2) is 30.5 Å². The van der Waals surface area contributed by atoms with Crippen molar-refractivity contribution in [1.29, 1.82) is 0 Å². The Morgan fingerprint density at radius 2 is 1.86 bits per heavy atom. The molecule has 0 fully saturated rings. The first-order valence-electron chi connectivity index (χ1n) is 8.66. The Labute approximate surface area is 160 Å². The Balaban J connectivity index is 1.47. The van der Waals surface area contributed by atoms with Crippen molar-refractivity contribution >= 4 is 11.6 Å². The van der Waals surface area contributed by atoms with E-state index in [4.69, 9.17) is 0 Å². The molecule has 0 spiro atoms. The molecule has 0 radical (unpaired) electrons. The van der Waals surface area contributed by atoms with Crippen LogP contribution in [0.3, 0.4) is 0 Å². The Morgan fingerprint density at radius 1 is 1.11 bits per heavy atom. The second-order valence-electron chi connectivity index (χ2n) is 6.24. The number of carbonyl (C=O) groups is 1. The summed E-state index contributed by atoms with van der Waals surface area (Å²) < 4.78 is 16.3. The molecule has 2 heterocycles. The van der Waals surface area contributed by atoms with E-state index < -0.39 is 5.91 Å². The lowest BCUT2D eigenvalue weighted by Crippen LogP contribution is -2.14. The predicted octanol–water partition coefficient (Wildman–Crippen LogP) is 3.21.